The van der Waals surface area contributed by atoms with Crippen LogP contribution in [0.2, 0.25) is 0 Å². The van der Waals surface area contributed by atoms with Crippen LogP contribution in [0.4, 0.5) is 0 Å². The van der Waals surface area contributed by atoms with E-state index in [9.17, 15) is 0 Å². The van der Waals surface area contributed by atoms with Crippen molar-refractivity contribution in [3.05, 3.63) is 61.1 Å². The Morgan fingerprint density at radius 1 is 1.00 bits per heavy atom. The van der Waals surface area contributed by atoms with Crippen LogP contribution in [0.1, 0.15) is 25.7 Å². The summed E-state index contributed by atoms with van der Waals surface area (Å²) in [6.07, 6.45) is 8.85. The molecule has 0 amide bonds. The first-order valence-corrected chi connectivity index (χ1v) is 10.3. The molecule has 1 aliphatic heterocycles. The van der Waals surface area contributed by atoms with Gasteiger partial charge in [0.25, 0.3) is 0 Å². The van der Waals surface area contributed by atoms with E-state index in [-0.39, 0.29) is 0 Å². The number of rotatable bonds is 5. The number of ether oxygens (including phenoxy) is 1. The summed E-state index contributed by atoms with van der Waals surface area (Å²) in [7, 11) is 0. The molecule has 0 spiro atoms. The Morgan fingerprint density at radius 2 is 1.90 bits per heavy atom. The molecule has 1 saturated heterocycles. The molecule has 0 bridgehead atoms. The number of benzene rings is 2. The second kappa shape index (κ2) is 8.09. The predicted octanol–water partition coefficient (Wildman–Crippen LogP) is 4.75. The van der Waals surface area contributed by atoms with E-state index in [0.29, 0.717) is 6.04 Å². The van der Waals surface area contributed by atoms with E-state index in [4.69, 9.17) is 4.74 Å². The average Bonchev–Trinajstić information content (AvgIpc) is 3.34. The number of hydrogen-bond acceptors (Lipinski definition) is 4. The summed E-state index contributed by atoms with van der Waals surface area (Å²) >= 11 is 0. The Kier molecular flexibility index (Phi) is 5.01. The lowest BCUT2D eigenvalue weighted by Gasteiger charge is -2.16. The SMILES string of the molecule is c1cc(-c2ccc(Oc3ccc4c(c3)ncn4CC3CCCCCN3)cc2)[nH]n1. The van der Waals surface area contributed by atoms with Crippen LogP contribution in [-0.2, 0) is 6.54 Å². The zero-order valence-corrected chi connectivity index (χ0v) is 16.3. The molecule has 5 rings (SSSR count). The van der Waals surface area contributed by atoms with Crippen molar-refractivity contribution in [2.45, 2.75) is 38.3 Å². The molecule has 0 radical (unpaired) electrons. The number of aromatic nitrogens is 4. The first-order chi connectivity index (χ1) is 14.3. The highest BCUT2D eigenvalue weighted by atomic mass is 16.5. The van der Waals surface area contributed by atoms with Gasteiger partial charge >= 0.3 is 0 Å². The fourth-order valence-electron chi connectivity index (χ4n) is 4.00. The van der Waals surface area contributed by atoms with Crippen molar-refractivity contribution >= 4 is 11.0 Å². The van der Waals surface area contributed by atoms with Crippen LogP contribution < -0.4 is 10.1 Å². The van der Waals surface area contributed by atoms with Gasteiger partial charge in [0.15, 0.2) is 0 Å². The molecule has 0 saturated carbocycles. The molecule has 2 aromatic carbocycles. The normalized spacial score (nSPS) is 17.3. The highest BCUT2D eigenvalue weighted by Crippen LogP contribution is 2.27. The Balaban J connectivity index is 1.30. The van der Waals surface area contributed by atoms with Gasteiger partial charge in [-0.15, -0.1) is 0 Å². The molecule has 3 heterocycles. The Bertz CT molecular complexity index is 1060. The maximum absolute atomic E-state index is 6.05. The van der Waals surface area contributed by atoms with Crippen molar-refractivity contribution in [1.29, 1.82) is 0 Å². The molecule has 1 fully saturated rings. The maximum Gasteiger partial charge on any atom is 0.129 e. The van der Waals surface area contributed by atoms with Gasteiger partial charge in [-0.1, -0.05) is 12.8 Å². The second-order valence-corrected chi connectivity index (χ2v) is 7.64. The topological polar surface area (TPSA) is 67.8 Å². The molecule has 29 heavy (non-hydrogen) atoms. The first kappa shape index (κ1) is 17.9. The zero-order valence-electron chi connectivity index (χ0n) is 16.3. The molecule has 4 aromatic rings. The lowest BCUT2D eigenvalue weighted by Crippen LogP contribution is -2.32. The fraction of sp³-hybridized carbons (Fsp3) is 0.304. The molecule has 0 aliphatic carbocycles. The number of hydrogen-bond donors (Lipinski definition) is 2. The molecular formula is C23H25N5O. The molecule has 148 valence electrons. The second-order valence-electron chi connectivity index (χ2n) is 7.64. The molecule has 6 nitrogen and oxygen atoms in total. The minimum absolute atomic E-state index is 0.527. The van der Waals surface area contributed by atoms with Gasteiger partial charge in [-0.3, -0.25) is 5.10 Å². The third-order valence-corrected chi connectivity index (χ3v) is 5.57. The molecule has 6 heteroatoms. The van der Waals surface area contributed by atoms with E-state index >= 15 is 0 Å². The summed E-state index contributed by atoms with van der Waals surface area (Å²) in [6, 6.07) is 16.6. The van der Waals surface area contributed by atoms with Crippen molar-refractivity contribution < 1.29 is 4.74 Å². The average molecular weight is 387 g/mol. The molecule has 1 aliphatic rings. The Labute approximate surface area is 169 Å². The quantitative estimate of drug-likeness (QED) is 0.518. The summed E-state index contributed by atoms with van der Waals surface area (Å²) in [5.74, 6) is 1.60. The maximum atomic E-state index is 6.05. The lowest BCUT2D eigenvalue weighted by molar-refractivity contribution is 0.449. The number of imidazole rings is 1. The standard InChI is InChI=1S/C23H25N5O/c1-2-4-18(24-12-3-1)15-28-16-25-22-14-20(9-10-23(22)28)29-19-7-5-17(6-8-19)21-11-13-26-27-21/h5-11,13-14,16,18,24H,1-4,12,15H2,(H,26,27). The van der Waals surface area contributed by atoms with Gasteiger partial charge in [0.05, 0.1) is 23.1 Å². The third-order valence-electron chi connectivity index (χ3n) is 5.57. The number of nitrogens with one attached hydrogen (secondary N) is 2. The highest BCUT2D eigenvalue weighted by Gasteiger charge is 2.14. The first-order valence-electron chi connectivity index (χ1n) is 10.3. The van der Waals surface area contributed by atoms with Gasteiger partial charge in [-0.2, -0.15) is 5.10 Å². The van der Waals surface area contributed by atoms with Crippen molar-refractivity contribution in [1.82, 2.24) is 25.1 Å². The van der Waals surface area contributed by atoms with Crippen LogP contribution in [0.5, 0.6) is 11.5 Å². The van der Waals surface area contributed by atoms with E-state index in [1.165, 1.54) is 25.7 Å². The Morgan fingerprint density at radius 3 is 2.76 bits per heavy atom. The monoisotopic (exact) mass is 387 g/mol. The van der Waals surface area contributed by atoms with E-state index in [1.54, 1.807) is 6.20 Å². The lowest BCUT2D eigenvalue weighted by atomic mass is 10.1. The van der Waals surface area contributed by atoms with Gasteiger partial charge in [-0.05, 0) is 67.4 Å². The fourth-order valence-corrected chi connectivity index (χ4v) is 4.00. The van der Waals surface area contributed by atoms with Crippen molar-refractivity contribution in [2.75, 3.05) is 6.54 Å². The van der Waals surface area contributed by atoms with Crippen molar-refractivity contribution in [2.24, 2.45) is 0 Å². The van der Waals surface area contributed by atoms with Gasteiger partial charge in [-0.25, -0.2) is 4.98 Å². The van der Waals surface area contributed by atoms with Crippen LogP contribution in [0.25, 0.3) is 22.3 Å². The van der Waals surface area contributed by atoms with E-state index in [2.05, 4.69) is 31.1 Å². The molecule has 1 atom stereocenters. The number of H-pyrrole nitrogens is 1. The van der Waals surface area contributed by atoms with Gasteiger partial charge in [0.1, 0.15) is 11.5 Å². The van der Waals surface area contributed by atoms with Gasteiger partial charge in [0.2, 0.25) is 0 Å². The minimum Gasteiger partial charge on any atom is -0.457 e. The summed E-state index contributed by atoms with van der Waals surface area (Å²) in [5.41, 5.74) is 4.19. The predicted molar refractivity (Wildman–Crippen MR) is 114 cm³/mol. The van der Waals surface area contributed by atoms with Crippen LogP contribution >= 0.6 is 0 Å². The summed E-state index contributed by atoms with van der Waals surface area (Å²) in [4.78, 5) is 4.60. The summed E-state index contributed by atoms with van der Waals surface area (Å²) in [6.45, 7) is 2.08. The largest absolute Gasteiger partial charge is 0.457 e. The smallest absolute Gasteiger partial charge is 0.129 e. The highest BCUT2D eigenvalue weighted by molar-refractivity contribution is 5.77. The van der Waals surface area contributed by atoms with Crippen LogP contribution in [0.3, 0.4) is 0 Å². The summed E-state index contributed by atoms with van der Waals surface area (Å²) in [5, 5.41) is 10.6. The summed E-state index contributed by atoms with van der Waals surface area (Å²) < 4.78 is 8.30. The third kappa shape index (κ3) is 4.03. The van der Waals surface area contributed by atoms with Crippen molar-refractivity contribution in [3.63, 3.8) is 0 Å². The number of aromatic amines is 1. The van der Waals surface area contributed by atoms with Crippen LogP contribution in [0, 0.1) is 0 Å². The van der Waals surface area contributed by atoms with E-state index in [0.717, 1.165) is 46.9 Å². The zero-order chi connectivity index (χ0) is 19.5. The van der Waals surface area contributed by atoms with Crippen LogP contribution in [0.15, 0.2) is 61.1 Å². The number of nitrogens with zero attached hydrogens (tertiary/aromatic N) is 3. The molecular weight excluding hydrogens is 362 g/mol. The van der Waals surface area contributed by atoms with Gasteiger partial charge in [0, 0.05) is 24.8 Å². The molecule has 2 aromatic heterocycles. The van der Waals surface area contributed by atoms with E-state index < -0.39 is 0 Å². The Hall–Kier alpha value is -3.12. The molecule has 1 unspecified atom stereocenters. The van der Waals surface area contributed by atoms with Crippen molar-refractivity contribution in [3.8, 4) is 22.8 Å². The van der Waals surface area contributed by atoms with Crippen LogP contribution in [-0.4, -0.2) is 32.3 Å². The minimum atomic E-state index is 0.527. The molecule has 2 N–H and O–H groups in total. The number of fused-ring (bicyclic) bond motifs is 1. The van der Waals surface area contributed by atoms with E-state index in [1.807, 2.05) is 48.8 Å². The van der Waals surface area contributed by atoms with Gasteiger partial charge < -0.3 is 14.6 Å².